The molecule has 6 nitrogen and oxygen atoms in total. The maximum atomic E-state index is 6.21. The highest BCUT2D eigenvalue weighted by molar-refractivity contribution is 7.98. The molecule has 28 heavy (non-hydrogen) atoms. The van der Waals surface area contributed by atoms with E-state index in [0.717, 1.165) is 40.2 Å². The van der Waals surface area contributed by atoms with Crippen molar-refractivity contribution in [1.82, 2.24) is 24.1 Å². The van der Waals surface area contributed by atoms with Crippen LogP contribution in [0.5, 0.6) is 5.75 Å². The summed E-state index contributed by atoms with van der Waals surface area (Å²) in [5.74, 6) is 2.16. The van der Waals surface area contributed by atoms with Crippen molar-refractivity contribution in [2.45, 2.75) is 37.9 Å². The molecule has 0 aliphatic rings. The third kappa shape index (κ3) is 4.00. The summed E-state index contributed by atoms with van der Waals surface area (Å²) >= 11 is 7.83. The number of hydrogen-bond donors (Lipinski definition) is 0. The molecule has 3 heterocycles. The first-order valence-corrected chi connectivity index (χ1v) is 10.4. The van der Waals surface area contributed by atoms with Gasteiger partial charge in [0.1, 0.15) is 18.0 Å². The van der Waals surface area contributed by atoms with Crippen LogP contribution < -0.4 is 4.74 Å². The topological polar surface area (TPSA) is 57.2 Å². The molecule has 0 aliphatic heterocycles. The average molecular weight is 414 g/mol. The van der Waals surface area contributed by atoms with Gasteiger partial charge in [-0.3, -0.25) is 0 Å². The van der Waals surface area contributed by atoms with Crippen LogP contribution in [0.1, 0.15) is 24.0 Å². The first-order chi connectivity index (χ1) is 13.6. The Bertz CT molecular complexity index is 1070. The van der Waals surface area contributed by atoms with Crippen LogP contribution in [-0.4, -0.2) is 24.1 Å². The molecule has 4 rings (SSSR count). The van der Waals surface area contributed by atoms with E-state index in [4.69, 9.17) is 16.3 Å². The monoisotopic (exact) mass is 413 g/mol. The van der Waals surface area contributed by atoms with E-state index in [1.54, 1.807) is 11.8 Å². The van der Waals surface area contributed by atoms with E-state index in [2.05, 4.69) is 26.7 Å². The second kappa shape index (κ2) is 8.24. The number of pyridine rings is 1. The highest BCUT2D eigenvalue weighted by Crippen LogP contribution is 2.27. The quantitative estimate of drug-likeness (QED) is 0.408. The number of benzene rings is 1. The number of fused-ring (bicyclic) bond motifs is 1. The Kier molecular flexibility index (Phi) is 5.54. The van der Waals surface area contributed by atoms with E-state index >= 15 is 0 Å². The van der Waals surface area contributed by atoms with Gasteiger partial charge in [-0.2, -0.15) is 0 Å². The predicted molar refractivity (Wildman–Crippen MR) is 111 cm³/mol. The second-order valence-corrected chi connectivity index (χ2v) is 7.70. The summed E-state index contributed by atoms with van der Waals surface area (Å²) in [5.41, 5.74) is 3.05. The Morgan fingerprint density at radius 3 is 2.89 bits per heavy atom. The van der Waals surface area contributed by atoms with E-state index in [1.807, 2.05) is 60.1 Å². The van der Waals surface area contributed by atoms with Gasteiger partial charge in [0, 0.05) is 24.7 Å². The SMILES string of the molecule is CCn1c(COc2cc(C)ccc2Cl)nnc1SCc1cn2ccccc2n1. The fourth-order valence-corrected chi connectivity index (χ4v) is 3.99. The summed E-state index contributed by atoms with van der Waals surface area (Å²) in [6, 6.07) is 11.7. The van der Waals surface area contributed by atoms with E-state index in [1.165, 1.54) is 0 Å². The van der Waals surface area contributed by atoms with Gasteiger partial charge in [-0.15, -0.1) is 10.2 Å². The minimum atomic E-state index is 0.318. The highest BCUT2D eigenvalue weighted by Gasteiger charge is 2.14. The molecule has 0 N–H and O–H groups in total. The van der Waals surface area contributed by atoms with Gasteiger partial charge in [0.25, 0.3) is 0 Å². The molecule has 0 spiro atoms. The third-order valence-corrected chi connectivity index (χ3v) is 5.63. The maximum Gasteiger partial charge on any atom is 0.191 e. The average Bonchev–Trinajstić information content (AvgIpc) is 3.29. The van der Waals surface area contributed by atoms with Crippen molar-refractivity contribution in [2.24, 2.45) is 0 Å². The largest absolute Gasteiger partial charge is 0.484 e. The molecule has 0 atom stereocenters. The number of thioether (sulfide) groups is 1. The molecule has 0 radical (unpaired) electrons. The van der Waals surface area contributed by atoms with Crippen LogP contribution in [0.15, 0.2) is 53.9 Å². The van der Waals surface area contributed by atoms with Crippen molar-refractivity contribution >= 4 is 29.0 Å². The smallest absolute Gasteiger partial charge is 0.191 e. The lowest BCUT2D eigenvalue weighted by Gasteiger charge is -2.10. The summed E-state index contributed by atoms with van der Waals surface area (Å²) in [7, 11) is 0. The van der Waals surface area contributed by atoms with Crippen molar-refractivity contribution < 1.29 is 4.74 Å². The lowest BCUT2D eigenvalue weighted by Crippen LogP contribution is -2.07. The standard InChI is InChI=1S/C20H20ClN5OS/c1-3-26-19(12-27-17-10-14(2)7-8-16(17)21)23-24-20(26)28-13-15-11-25-9-5-4-6-18(25)22-15/h4-11H,3,12-13H2,1-2H3. The molecular weight excluding hydrogens is 394 g/mol. The zero-order valence-corrected chi connectivity index (χ0v) is 17.2. The molecule has 0 bridgehead atoms. The van der Waals surface area contributed by atoms with Crippen molar-refractivity contribution in [1.29, 1.82) is 0 Å². The Labute approximate surface area is 172 Å². The first-order valence-electron chi connectivity index (χ1n) is 9.00. The molecule has 1 aromatic carbocycles. The zero-order valence-electron chi connectivity index (χ0n) is 15.7. The Morgan fingerprint density at radius 2 is 2.07 bits per heavy atom. The van der Waals surface area contributed by atoms with Crippen LogP contribution >= 0.6 is 23.4 Å². The summed E-state index contributed by atoms with van der Waals surface area (Å²) in [6.45, 7) is 5.16. The number of aromatic nitrogens is 5. The van der Waals surface area contributed by atoms with Gasteiger partial charge in [0.15, 0.2) is 11.0 Å². The van der Waals surface area contributed by atoms with Crippen LogP contribution in [0, 0.1) is 6.92 Å². The van der Waals surface area contributed by atoms with Gasteiger partial charge in [0.05, 0.1) is 10.7 Å². The van der Waals surface area contributed by atoms with E-state index in [-0.39, 0.29) is 0 Å². The molecule has 3 aromatic heterocycles. The van der Waals surface area contributed by atoms with Crippen LogP contribution in [0.3, 0.4) is 0 Å². The molecule has 0 fully saturated rings. The molecule has 0 saturated carbocycles. The molecule has 144 valence electrons. The number of imidazole rings is 1. The Balaban J connectivity index is 1.45. The molecule has 0 aliphatic carbocycles. The zero-order chi connectivity index (χ0) is 19.5. The summed E-state index contributed by atoms with van der Waals surface area (Å²) < 4.78 is 9.96. The first kappa shape index (κ1) is 18.8. The van der Waals surface area contributed by atoms with Crippen molar-refractivity contribution in [3.8, 4) is 5.75 Å². The fraction of sp³-hybridized carbons (Fsp3) is 0.250. The summed E-state index contributed by atoms with van der Waals surface area (Å²) in [4.78, 5) is 4.63. The molecule has 0 unspecified atom stereocenters. The molecule has 0 saturated heterocycles. The molecular formula is C20H20ClN5OS. The lowest BCUT2D eigenvalue weighted by molar-refractivity contribution is 0.288. The van der Waals surface area contributed by atoms with Gasteiger partial charge >= 0.3 is 0 Å². The van der Waals surface area contributed by atoms with Gasteiger partial charge in [-0.25, -0.2) is 4.98 Å². The van der Waals surface area contributed by atoms with E-state index < -0.39 is 0 Å². The minimum absolute atomic E-state index is 0.318. The normalized spacial score (nSPS) is 11.2. The fourth-order valence-electron chi connectivity index (χ4n) is 2.91. The minimum Gasteiger partial charge on any atom is -0.484 e. The predicted octanol–water partition coefficient (Wildman–Crippen LogP) is 4.78. The molecule has 0 amide bonds. The van der Waals surface area contributed by atoms with Crippen molar-refractivity contribution in [3.05, 3.63) is 70.9 Å². The number of nitrogens with zero attached hydrogens (tertiary/aromatic N) is 5. The maximum absolute atomic E-state index is 6.21. The van der Waals surface area contributed by atoms with Crippen LogP contribution in [0.4, 0.5) is 0 Å². The molecule has 8 heteroatoms. The van der Waals surface area contributed by atoms with Gasteiger partial charge in [0.2, 0.25) is 0 Å². The highest BCUT2D eigenvalue weighted by atomic mass is 35.5. The van der Waals surface area contributed by atoms with Gasteiger partial charge in [-0.1, -0.05) is 35.5 Å². The third-order valence-electron chi connectivity index (χ3n) is 4.32. The van der Waals surface area contributed by atoms with Crippen molar-refractivity contribution in [3.63, 3.8) is 0 Å². The Morgan fingerprint density at radius 1 is 1.18 bits per heavy atom. The number of halogens is 1. The van der Waals surface area contributed by atoms with Crippen LogP contribution in [0.25, 0.3) is 5.65 Å². The number of ether oxygens (including phenoxy) is 1. The summed E-state index contributed by atoms with van der Waals surface area (Å²) in [6.07, 6.45) is 4.04. The summed E-state index contributed by atoms with van der Waals surface area (Å²) in [5, 5.41) is 10.1. The number of hydrogen-bond acceptors (Lipinski definition) is 5. The van der Waals surface area contributed by atoms with E-state index in [0.29, 0.717) is 17.4 Å². The second-order valence-electron chi connectivity index (χ2n) is 6.35. The lowest BCUT2D eigenvalue weighted by atomic mass is 10.2. The molecule has 4 aromatic rings. The van der Waals surface area contributed by atoms with Gasteiger partial charge < -0.3 is 13.7 Å². The van der Waals surface area contributed by atoms with E-state index in [9.17, 15) is 0 Å². The number of rotatable bonds is 7. The van der Waals surface area contributed by atoms with Crippen LogP contribution in [-0.2, 0) is 18.9 Å². The van der Waals surface area contributed by atoms with Crippen molar-refractivity contribution in [2.75, 3.05) is 0 Å². The number of aryl methyl sites for hydroxylation is 1. The van der Waals surface area contributed by atoms with Gasteiger partial charge in [-0.05, 0) is 43.7 Å². The van der Waals surface area contributed by atoms with Crippen LogP contribution in [0.2, 0.25) is 5.02 Å². The Hall–Kier alpha value is -2.51.